The van der Waals surface area contributed by atoms with Crippen LogP contribution in [0.25, 0.3) is 6.08 Å². The van der Waals surface area contributed by atoms with E-state index in [1.807, 2.05) is 0 Å². The monoisotopic (exact) mass is 411 g/mol. The Bertz CT molecular complexity index is 869. The predicted molar refractivity (Wildman–Crippen MR) is 103 cm³/mol. The molecule has 0 aliphatic rings. The van der Waals surface area contributed by atoms with Gasteiger partial charge in [0.05, 0.1) is 0 Å². The fourth-order valence-electron chi connectivity index (χ4n) is 2.12. The van der Waals surface area contributed by atoms with Crippen molar-refractivity contribution in [3.05, 3.63) is 65.7 Å². The lowest BCUT2D eigenvalue weighted by molar-refractivity contribution is 0.107. The minimum atomic E-state index is -1.72. The number of hydrogen-bond acceptors (Lipinski definition) is 7. The molecule has 2 rings (SSSR count). The summed E-state index contributed by atoms with van der Waals surface area (Å²) in [5, 5.41) is 12.9. The van der Waals surface area contributed by atoms with Crippen LogP contribution in [-0.4, -0.2) is 38.0 Å². The summed E-state index contributed by atoms with van der Waals surface area (Å²) in [4.78, 5) is 0. The van der Waals surface area contributed by atoms with Crippen LogP contribution >= 0.6 is 0 Å². The van der Waals surface area contributed by atoms with Crippen LogP contribution in [0.15, 0.2) is 52.9 Å². The van der Waals surface area contributed by atoms with Crippen molar-refractivity contribution in [2.45, 2.75) is 6.10 Å². The van der Waals surface area contributed by atoms with Crippen molar-refractivity contribution in [2.75, 3.05) is 26.8 Å². The molecule has 0 aliphatic carbocycles. The van der Waals surface area contributed by atoms with E-state index in [1.165, 1.54) is 13.2 Å². The molecular weight excluding hydrogens is 390 g/mol. The second kappa shape index (κ2) is 11.5. The van der Waals surface area contributed by atoms with Gasteiger partial charge in [0, 0.05) is 25.9 Å². The van der Waals surface area contributed by atoms with Crippen LogP contribution in [0.3, 0.4) is 0 Å². The average Bonchev–Trinajstić information content (AvgIpc) is 2.69. The summed E-state index contributed by atoms with van der Waals surface area (Å²) in [5.41, 5.74) is 1.04. The van der Waals surface area contributed by atoms with E-state index < -0.39 is 28.6 Å². The SMILES string of the molecule is CO[S-](=O)=Nc1ccc(OCC(O)CNC/C=C/c2ccc(F)c(F)c2)cc1. The maximum Gasteiger partial charge on any atom is 0.159 e. The highest BCUT2D eigenvalue weighted by Gasteiger charge is 2.04. The maximum atomic E-state index is 13.1. The van der Waals surface area contributed by atoms with Gasteiger partial charge in [-0.2, -0.15) is 0 Å². The van der Waals surface area contributed by atoms with E-state index in [4.69, 9.17) is 4.74 Å². The predicted octanol–water partition coefficient (Wildman–Crippen LogP) is 3.35. The average molecular weight is 411 g/mol. The van der Waals surface area contributed by atoms with Crippen LogP contribution in [0.1, 0.15) is 5.56 Å². The van der Waals surface area contributed by atoms with E-state index in [-0.39, 0.29) is 6.61 Å². The fourth-order valence-corrected chi connectivity index (χ4v) is 2.49. The molecule has 0 spiro atoms. The largest absolute Gasteiger partial charge is 0.491 e. The molecule has 0 aromatic heterocycles. The fraction of sp³-hybridized carbons (Fsp3) is 0.263. The highest BCUT2D eigenvalue weighted by atomic mass is 32.2. The summed E-state index contributed by atoms with van der Waals surface area (Å²) >= 11 is 0. The standard InChI is InChI=1S/C19H21F2N2O4S/c1-26-28(25)23-15-5-7-17(8-6-15)27-13-16(24)12-22-10-2-3-14-4-9-18(20)19(21)11-14/h2-9,11,16,22,24H,10,12-13H2,1H3/q-1/b3-2+. The minimum Gasteiger partial charge on any atom is -0.491 e. The molecule has 2 aromatic rings. The highest BCUT2D eigenvalue weighted by Crippen LogP contribution is 2.18. The van der Waals surface area contributed by atoms with Crippen LogP contribution in [0.4, 0.5) is 14.5 Å². The Kier molecular flexibility index (Phi) is 9.02. The normalized spacial score (nSPS) is 13.7. The number of nitrogens with one attached hydrogen (secondary N) is 1. The van der Waals surface area contributed by atoms with Gasteiger partial charge < -0.3 is 27.9 Å². The molecule has 6 nitrogen and oxygen atoms in total. The molecule has 9 heteroatoms. The van der Waals surface area contributed by atoms with Crippen molar-refractivity contribution in [3.8, 4) is 5.75 Å². The Balaban J connectivity index is 1.68. The van der Waals surface area contributed by atoms with Gasteiger partial charge in [-0.25, -0.2) is 8.78 Å². The summed E-state index contributed by atoms with van der Waals surface area (Å²) in [6, 6.07) is 10.2. The zero-order valence-corrected chi connectivity index (χ0v) is 16.0. The van der Waals surface area contributed by atoms with Crippen LogP contribution in [0.2, 0.25) is 0 Å². The first-order chi connectivity index (χ1) is 13.5. The maximum absolute atomic E-state index is 13.1. The number of aliphatic hydroxyl groups is 1. The van der Waals surface area contributed by atoms with Crippen molar-refractivity contribution < 1.29 is 27.0 Å². The highest BCUT2D eigenvalue weighted by molar-refractivity contribution is 7.69. The smallest absolute Gasteiger partial charge is 0.159 e. The van der Waals surface area contributed by atoms with Gasteiger partial charge in [0.15, 0.2) is 11.6 Å². The quantitative estimate of drug-likeness (QED) is 0.463. The van der Waals surface area contributed by atoms with Gasteiger partial charge >= 0.3 is 0 Å². The molecule has 2 N–H and O–H groups in total. The molecule has 0 heterocycles. The Hall–Kier alpha value is -2.33. The Morgan fingerprint density at radius 3 is 2.64 bits per heavy atom. The van der Waals surface area contributed by atoms with Crippen molar-refractivity contribution in [3.63, 3.8) is 0 Å². The first-order valence-electron chi connectivity index (χ1n) is 8.39. The number of nitrogens with zero attached hydrogens (tertiary/aromatic N) is 1. The second-order valence-electron chi connectivity index (χ2n) is 5.67. The van der Waals surface area contributed by atoms with Gasteiger partial charge in [0.2, 0.25) is 0 Å². The lowest BCUT2D eigenvalue weighted by Gasteiger charge is -2.13. The Morgan fingerprint density at radius 2 is 1.96 bits per heavy atom. The third-order valence-corrected chi connectivity index (χ3v) is 4.14. The summed E-state index contributed by atoms with van der Waals surface area (Å²) in [7, 11) is -0.424. The summed E-state index contributed by atoms with van der Waals surface area (Å²) in [6.45, 7) is 0.825. The first-order valence-corrected chi connectivity index (χ1v) is 9.42. The van der Waals surface area contributed by atoms with Crippen molar-refractivity contribution >= 4 is 22.6 Å². The van der Waals surface area contributed by atoms with Crippen molar-refractivity contribution in [2.24, 2.45) is 4.36 Å². The first kappa shape index (κ1) is 22.0. The number of rotatable bonds is 10. The number of aliphatic hydroxyl groups excluding tert-OH is 1. The van der Waals surface area contributed by atoms with Crippen LogP contribution in [-0.2, 0) is 19.3 Å². The van der Waals surface area contributed by atoms with Gasteiger partial charge in [0.25, 0.3) is 0 Å². The molecule has 0 aliphatic heterocycles. The lowest BCUT2D eigenvalue weighted by atomic mass is 10.2. The number of ether oxygens (including phenoxy) is 1. The zero-order chi connectivity index (χ0) is 20.4. The molecule has 152 valence electrons. The van der Waals surface area contributed by atoms with E-state index in [1.54, 1.807) is 36.4 Å². The van der Waals surface area contributed by atoms with Crippen LogP contribution < -0.4 is 10.1 Å². The third kappa shape index (κ3) is 7.73. The number of benzene rings is 2. The van der Waals surface area contributed by atoms with E-state index in [9.17, 15) is 18.1 Å². The molecule has 1 atom stereocenters. The molecule has 0 radical (unpaired) electrons. The Labute approximate surface area is 164 Å². The van der Waals surface area contributed by atoms with Crippen LogP contribution in [0.5, 0.6) is 5.75 Å². The molecule has 0 amide bonds. The summed E-state index contributed by atoms with van der Waals surface area (Å²) < 4.78 is 50.9. The molecule has 0 fully saturated rings. The van der Waals surface area contributed by atoms with E-state index >= 15 is 0 Å². The molecule has 0 saturated carbocycles. The van der Waals surface area contributed by atoms with Crippen LogP contribution in [0, 0.1) is 11.6 Å². The molecule has 2 aromatic carbocycles. The lowest BCUT2D eigenvalue weighted by Crippen LogP contribution is -2.31. The number of hydrogen-bond donors (Lipinski definition) is 2. The summed E-state index contributed by atoms with van der Waals surface area (Å²) in [6.07, 6.45) is 2.66. The molecule has 0 bridgehead atoms. The van der Waals surface area contributed by atoms with E-state index in [0.29, 0.717) is 30.1 Å². The van der Waals surface area contributed by atoms with Gasteiger partial charge in [-0.3, -0.25) is 0 Å². The Morgan fingerprint density at radius 1 is 1.21 bits per heavy atom. The van der Waals surface area contributed by atoms with Gasteiger partial charge in [-0.05, 0) is 42.0 Å². The van der Waals surface area contributed by atoms with Crippen molar-refractivity contribution in [1.82, 2.24) is 5.32 Å². The van der Waals surface area contributed by atoms with E-state index in [2.05, 4.69) is 13.9 Å². The van der Waals surface area contributed by atoms with Gasteiger partial charge in [-0.15, -0.1) is 0 Å². The zero-order valence-electron chi connectivity index (χ0n) is 15.2. The molecular formula is C19H21F2N2O4S-. The summed E-state index contributed by atoms with van der Waals surface area (Å²) in [5.74, 6) is -1.23. The molecule has 1 unspecified atom stereocenters. The molecule has 28 heavy (non-hydrogen) atoms. The number of halogens is 2. The molecule has 0 saturated heterocycles. The minimum absolute atomic E-state index is 0.0837. The van der Waals surface area contributed by atoms with Gasteiger partial charge in [-0.1, -0.05) is 29.1 Å². The van der Waals surface area contributed by atoms with Crippen molar-refractivity contribution in [1.29, 1.82) is 0 Å². The van der Waals surface area contributed by atoms with Gasteiger partial charge in [0.1, 0.15) is 18.5 Å². The second-order valence-corrected chi connectivity index (χ2v) is 6.62. The van der Waals surface area contributed by atoms with E-state index in [0.717, 1.165) is 12.1 Å². The topological polar surface area (TPSA) is 80.2 Å². The third-order valence-electron chi connectivity index (χ3n) is 3.50.